The van der Waals surface area contributed by atoms with Crippen LogP contribution in [0, 0.1) is 0 Å². The molecule has 36 heavy (non-hydrogen) atoms. The summed E-state index contributed by atoms with van der Waals surface area (Å²) in [6.45, 7) is 3.20. The van der Waals surface area contributed by atoms with E-state index >= 15 is 0 Å². The van der Waals surface area contributed by atoms with E-state index in [0.717, 1.165) is 17.5 Å². The fourth-order valence-corrected chi connectivity index (χ4v) is 4.42. The van der Waals surface area contributed by atoms with Crippen LogP contribution < -0.4 is 4.74 Å². The van der Waals surface area contributed by atoms with Gasteiger partial charge in [0.05, 0.1) is 12.8 Å². The molecule has 0 bridgehead atoms. The number of carbonyl (C=O) groups excluding carboxylic acids is 1. The minimum Gasteiger partial charge on any atom is -0.482 e. The van der Waals surface area contributed by atoms with Crippen molar-refractivity contribution in [3.05, 3.63) is 81.8 Å². The van der Waals surface area contributed by atoms with E-state index in [0.29, 0.717) is 30.2 Å². The molecule has 0 fully saturated rings. The second-order valence-electron chi connectivity index (χ2n) is 8.42. The highest BCUT2D eigenvalue weighted by Crippen LogP contribution is 2.33. The number of rotatable bonds is 12. The molecule has 1 aromatic heterocycles. The Hall–Kier alpha value is -2.95. The van der Waals surface area contributed by atoms with Gasteiger partial charge in [0, 0.05) is 25.0 Å². The third-order valence-electron chi connectivity index (χ3n) is 5.66. The summed E-state index contributed by atoms with van der Waals surface area (Å²) in [5.41, 5.74) is 2.18. The largest absolute Gasteiger partial charge is 0.482 e. The molecule has 0 radical (unpaired) electrons. The molecule has 0 amide bonds. The number of aromatic nitrogens is 1. The monoisotopic (exact) mass is 522 g/mol. The molecular weight excluding hydrogens is 493 g/mol. The molecule has 3 aromatic rings. The number of hydrogen-bond donors (Lipinski definition) is 1. The lowest BCUT2D eigenvalue weighted by Crippen LogP contribution is -2.34. The minimum atomic E-state index is -4.53. The number of hydrogen-bond acceptors (Lipinski definition) is 7. The molecule has 1 heterocycles. The summed E-state index contributed by atoms with van der Waals surface area (Å²) in [5.74, 6) is 0.128. The second kappa shape index (κ2) is 12.8. The highest BCUT2D eigenvalue weighted by Gasteiger charge is 2.35. The molecule has 0 spiro atoms. The Balaban J connectivity index is 1.67. The zero-order chi connectivity index (χ0) is 26.1. The number of ether oxygens (including phenoxy) is 2. The molecule has 194 valence electrons. The predicted octanol–water partition coefficient (Wildman–Crippen LogP) is 5.10. The van der Waals surface area contributed by atoms with E-state index in [1.54, 1.807) is 12.1 Å². The van der Waals surface area contributed by atoms with E-state index in [2.05, 4.69) is 9.72 Å². The molecule has 2 unspecified atom stereocenters. The maximum Gasteiger partial charge on any atom is 0.443 e. The van der Waals surface area contributed by atoms with Crippen LogP contribution >= 0.6 is 11.3 Å². The first-order valence-corrected chi connectivity index (χ1v) is 12.3. The lowest BCUT2D eigenvalue weighted by atomic mass is 10.00. The first-order valence-electron chi connectivity index (χ1n) is 11.4. The Morgan fingerprint density at radius 1 is 1.11 bits per heavy atom. The Morgan fingerprint density at radius 2 is 1.81 bits per heavy atom. The maximum absolute atomic E-state index is 13.0. The van der Waals surface area contributed by atoms with Crippen LogP contribution in [0.25, 0.3) is 0 Å². The molecule has 0 aliphatic carbocycles. The predicted molar refractivity (Wildman–Crippen MR) is 131 cm³/mol. The SMILES string of the molecule is COC(=O)COc1ccc(C(C)CN(CCc2ccccc2)CC(O)c2csc(C(F)(F)F)n2)cc1. The quantitative estimate of drug-likeness (QED) is 0.334. The van der Waals surface area contributed by atoms with Crippen molar-refractivity contribution in [2.24, 2.45) is 0 Å². The fraction of sp³-hybridized carbons (Fsp3) is 0.385. The zero-order valence-electron chi connectivity index (χ0n) is 20.1. The van der Waals surface area contributed by atoms with Gasteiger partial charge in [-0.05, 0) is 35.6 Å². The van der Waals surface area contributed by atoms with Crippen molar-refractivity contribution in [1.29, 1.82) is 0 Å². The van der Waals surface area contributed by atoms with E-state index in [1.165, 1.54) is 12.5 Å². The molecule has 2 atom stereocenters. The zero-order valence-corrected chi connectivity index (χ0v) is 20.9. The maximum atomic E-state index is 13.0. The van der Waals surface area contributed by atoms with Gasteiger partial charge in [-0.15, -0.1) is 11.3 Å². The summed E-state index contributed by atoms with van der Waals surface area (Å²) in [4.78, 5) is 16.9. The summed E-state index contributed by atoms with van der Waals surface area (Å²) in [7, 11) is 1.29. The van der Waals surface area contributed by atoms with Gasteiger partial charge in [-0.3, -0.25) is 4.90 Å². The van der Waals surface area contributed by atoms with Gasteiger partial charge in [-0.2, -0.15) is 13.2 Å². The van der Waals surface area contributed by atoms with Crippen LogP contribution in [0.4, 0.5) is 13.2 Å². The van der Waals surface area contributed by atoms with Crippen LogP contribution in [-0.4, -0.2) is 54.3 Å². The number of nitrogens with zero attached hydrogens (tertiary/aromatic N) is 2. The summed E-state index contributed by atoms with van der Waals surface area (Å²) < 4.78 is 48.8. The van der Waals surface area contributed by atoms with Crippen molar-refractivity contribution in [3.8, 4) is 5.75 Å². The number of esters is 1. The molecule has 3 rings (SSSR count). The molecule has 0 aliphatic heterocycles. The molecule has 0 saturated carbocycles. The summed E-state index contributed by atoms with van der Waals surface area (Å²) in [6, 6.07) is 17.2. The van der Waals surface area contributed by atoms with E-state index in [-0.39, 0.29) is 24.8 Å². The Labute approximate surface area is 212 Å². The van der Waals surface area contributed by atoms with Crippen LogP contribution in [0.5, 0.6) is 5.75 Å². The second-order valence-corrected chi connectivity index (χ2v) is 9.28. The Kier molecular flexibility index (Phi) is 9.86. The number of carbonyl (C=O) groups is 1. The summed E-state index contributed by atoms with van der Waals surface area (Å²) in [5, 5.41) is 11.0. The number of aliphatic hydroxyl groups excluding tert-OH is 1. The van der Waals surface area contributed by atoms with Gasteiger partial charge in [0.2, 0.25) is 0 Å². The van der Waals surface area contributed by atoms with Crippen LogP contribution in [0.15, 0.2) is 60.0 Å². The lowest BCUT2D eigenvalue weighted by Gasteiger charge is -2.28. The van der Waals surface area contributed by atoms with Crippen LogP contribution in [-0.2, 0) is 22.1 Å². The van der Waals surface area contributed by atoms with E-state index in [9.17, 15) is 23.1 Å². The van der Waals surface area contributed by atoms with Crippen LogP contribution in [0.2, 0.25) is 0 Å². The standard InChI is InChI=1S/C26H29F3N2O4S/c1-18(20-8-10-21(11-9-20)35-16-24(33)34-2)14-31(13-12-19-6-4-3-5-7-19)15-23(32)22-17-36-25(30-22)26(27,28)29/h3-11,17-18,23,32H,12-16H2,1-2H3. The third-order valence-corrected chi connectivity index (χ3v) is 6.57. The fourth-order valence-electron chi connectivity index (χ4n) is 3.68. The first-order chi connectivity index (χ1) is 17.2. The van der Waals surface area contributed by atoms with Crippen molar-refractivity contribution < 1.29 is 32.5 Å². The number of halogens is 3. The number of aliphatic hydroxyl groups is 1. The van der Waals surface area contributed by atoms with Crippen LogP contribution in [0.3, 0.4) is 0 Å². The van der Waals surface area contributed by atoms with Crippen LogP contribution in [0.1, 0.15) is 40.8 Å². The van der Waals surface area contributed by atoms with Gasteiger partial charge in [-0.25, -0.2) is 9.78 Å². The average molecular weight is 523 g/mol. The third kappa shape index (κ3) is 8.32. The van der Waals surface area contributed by atoms with Gasteiger partial charge in [0.1, 0.15) is 11.9 Å². The molecular formula is C26H29F3N2O4S. The molecule has 6 nitrogen and oxygen atoms in total. The van der Waals surface area contributed by atoms with Crippen molar-refractivity contribution in [2.45, 2.75) is 31.5 Å². The molecule has 1 N–H and O–H groups in total. The Bertz CT molecular complexity index is 1090. The first kappa shape index (κ1) is 27.6. The smallest absolute Gasteiger partial charge is 0.443 e. The van der Waals surface area contributed by atoms with Gasteiger partial charge >= 0.3 is 12.1 Å². The highest BCUT2D eigenvalue weighted by atomic mass is 32.1. The number of methoxy groups -OCH3 is 1. The van der Waals surface area contributed by atoms with Crippen molar-refractivity contribution in [1.82, 2.24) is 9.88 Å². The number of thiazole rings is 1. The summed E-state index contributed by atoms with van der Waals surface area (Å²) in [6.07, 6.45) is -4.95. The van der Waals surface area contributed by atoms with Gasteiger partial charge in [0.25, 0.3) is 0 Å². The lowest BCUT2D eigenvalue weighted by molar-refractivity contribution is -0.143. The average Bonchev–Trinajstić information content (AvgIpc) is 3.38. The van der Waals surface area contributed by atoms with Gasteiger partial charge in [-0.1, -0.05) is 49.4 Å². The van der Waals surface area contributed by atoms with E-state index < -0.39 is 23.3 Å². The molecule has 0 saturated heterocycles. The van der Waals surface area contributed by atoms with Crippen molar-refractivity contribution in [2.75, 3.05) is 33.4 Å². The topological polar surface area (TPSA) is 71.9 Å². The van der Waals surface area contributed by atoms with Crippen molar-refractivity contribution in [3.63, 3.8) is 0 Å². The molecule has 10 heteroatoms. The van der Waals surface area contributed by atoms with Gasteiger partial charge in [0.15, 0.2) is 11.6 Å². The minimum absolute atomic E-state index is 0.0248. The normalized spacial score (nSPS) is 13.4. The number of benzene rings is 2. The molecule has 2 aromatic carbocycles. The van der Waals surface area contributed by atoms with E-state index in [4.69, 9.17) is 4.74 Å². The van der Waals surface area contributed by atoms with Gasteiger partial charge < -0.3 is 14.6 Å². The highest BCUT2D eigenvalue weighted by molar-refractivity contribution is 7.09. The Morgan fingerprint density at radius 3 is 2.42 bits per heavy atom. The number of alkyl halides is 3. The van der Waals surface area contributed by atoms with Crippen molar-refractivity contribution >= 4 is 17.3 Å². The summed E-state index contributed by atoms with van der Waals surface area (Å²) >= 11 is 0.486. The molecule has 0 aliphatic rings. The van der Waals surface area contributed by atoms with E-state index in [1.807, 2.05) is 54.3 Å².